The highest BCUT2D eigenvalue weighted by molar-refractivity contribution is 6.01. The summed E-state index contributed by atoms with van der Waals surface area (Å²) in [5, 5.41) is 0. The molecule has 0 N–H and O–H groups in total. The Labute approximate surface area is 65.8 Å². The van der Waals surface area contributed by atoms with Gasteiger partial charge in [-0.05, 0) is 13.8 Å². The normalized spacial score (nSPS) is 18.4. The Morgan fingerprint density at radius 3 is 2.45 bits per heavy atom. The first kappa shape index (κ1) is 8.04. The molecule has 11 heavy (non-hydrogen) atoms. The van der Waals surface area contributed by atoms with E-state index in [1.54, 1.807) is 0 Å². The summed E-state index contributed by atoms with van der Waals surface area (Å²) in [6.45, 7) is 6.37. The van der Waals surface area contributed by atoms with E-state index in [9.17, 15) is 9.59 Å². The van der Waals surface area contributed by atoms with Gasteiger partial charge in [-0.15, -0.1) is 0 Å². The van der Waals surface area contributed by atoms with E-state index in [1.807, 2.05) is 6.92 Å². The minimum atomic E-state index is -0.215. The molecule has 0 bridgehead atoms. The van der Waals surface area contributed by atoms with E-state index in [4.69, 9.17) is 0 Å². The number of rotatable bonds is 2. The SMILES string of the molecule is [CH2]CN1C(=O)CN(CC)C1=O. The lowest BCUT2D eigenvalue weighted by molar-refractivity contribution is -0.125. The number of hydrogen-bond acceptors (Lipinski definition) is 2. The van der Waals surface area contributed by atoms with Gasteiger partial charge in [0, 0.05) is 13.1 Å². The Balaban J connectivity index is 2.71. The lowest BCUT2D eigenvalue weighted by Crippen LogP contribution is -2.32. The van der Waals surface area contributed by atoms with Gasteiger partial charge in [0.05, 0.1) is 0 Å². The van der Waals surface area contributed by atoms with Crippen LogP contribution in [0, 0.1) is 6.92 Å². The van der Waals surface area contributed by atoms with Gasteiger partial charge in [0.15, 0.2) is 0 Å². The van der Waals surface area contributed by atoms with Crippen LogP contribution in [-0.2, 0) is 4.79 Å². The van der Waals surface area contributed by atoms with Gasteiger partial charge in [-0.2, -0.15) is 0 Å². The molecule has 0 aromatic rings. The van der Waals surface area contributed by atoms with Crippen LogP contribution in [0.5, 0.6) is 0 Å². The Morgan fingerprint density at radius 1 is 1.55 bits per heavy atom. The number of amides is 3. The van der Waals surface area contributed by atoms with Crippen LogP contribution in [0.15, 0.2) is 0 Å². The van der Waals surface area contributed by atoms with Crippen LogP contribution in [0.3, 0.4) is 0 Å². The highest BCUT2D eigenvalue weighted by Crippen LogP contribution is 2.08. The molecule has 1 saturated heterocycles. The molecule has 3 amide bonds. The maximum Gasteiger partial charge on any atom is 0.327 e. The second-order valence-corrected chi connectivity index (χ2v) is 2.34. The van der Waals surface area contributed by atoms with Crippen molar-refractivity contribution in [2.45, 2.75) is 6.92 Å². The Bertz CT molecular complexity index is 191. The molecule has 4 heteroatoms. The largest absolute Gasteiger partial charge is 0.327 e. The van der Waals surface area contributed by atoms with Crippen LogP contribution in [0.2, 0.25) is 0 Å². The van der Waals surface area contributed by atoms with Crippen molar-refractivity contribution in [3.8, 4) is 0 Å². The van der Waals surface area contributed by atoms with E-state index >= 15 is 0 Å². The molecular weight excluding hydrogens is 144 g/mol. The number of likely N-dealkylation sites (N-methyl/N-ethyl adjacent to an activating group) is 1. The monoisotopic (exact) mass is 155 g/mol. The maximum atomic E-state index is 11.2. The van der Waals surface area contributed by atoms with Crippen molar-refractivity contribution in [3.05, 3.63) is 6.92 Å². The van der Waals surface area contributed by atoms with Crippen LogP contribution in [-0.4, -0.2) is 41.4 Å². The summed E-state index contributed by atoms with van der Waals surface area (Å²) in [7, 11) is 0. The average molecular weight is 155 g/mol. The summed E-state index contributed by atoms with van der Waals surface area (Å²) in [6, 6.07) is -0.215. The summed E-state index contributed by atoms with van der Waals surface area (Å²) in [6.07, 6.45) is 0. The molecule has 0 atom stereocenters. The summed E-state index contributed by atoms with van der Waals surface area (Å²) >= 11 is 0. The van der Waals surface area contributed by atoms with Crippen molar-refractivity contribution in [1.29, 1.82) is 0 Å². The molecular formula is C7H11N2O2. The number of imide groups is 1. The third-order valence-electron chi connectivity index (χ3n) is 1.73. The molecule has 0 aromatic heterocycles. The van der Waals surface area contributed by atoms with E-state index in [0.717, 1.165) is 4.90 Å². The molecule has 0 unspecified atom stereocenters. The van der Waals surface area contributed by atoms with E-state index in [0.29, 0.717) is 6.54 Å². The Kier molecular flexibility index (Phi) is 2.12. The average Bonchev–Trinajstić information content (AvgIpc) is 2.26. The minimum Gasteiger partial charge on any atom is -0.315 e. The van der Waals surface area contributed by atoms with E-state index in [2.05, 4.69) is 6.92 Å². The third-order valence-corrected chi connectivity index (χ3v) is 1.73. The topological polar surface area (TPSA) is 40.6 Å². The highest BCUT2D eigenvalue weighted by atomic mass is 16.2. The second-order valence-electron chi connectivity index (χ2n) is 2.34. The summed E-state index contributed by atoms with van der Waals surface area (Å²) in [5.74, 6) is -0.146. The standard InChI is InChI=1S/C7H11N2O2/c1-3-8-5-6(10)9(4-2)7(8)11/h2-5H2,1H3. The first-order valence-corrected chi connectivity index (χ1v) is 3.59. The van der Waals surface area contributed by atoms with Crippen LogP contribution in [0.1, 0.15) is 6.92 Å². The first-order chi connectivity index (χ1) is 5.20. The summed E-state index contributed by atoms with van der Waals surface area (Å²) in [5.41, 5.74) is 0. The lowest BCUT2D eigenvalue weighted by Gasteiger charge is -2.12. The number of hydrogen-bond donors (Lipinski definition) is 0. The zero-order valence-electron chi connectivity index (χ0n) is 6.54. The van der Waals surface area contributed by atoms with Crippen LogP contribution < -0.4 is 0 Å². The maximum absolute atomic E-state index is 11.2. The van der Waals surface area contributed by atoms with E-state index in [-0.39, 0.29) is 25.0 Å². The molecule has 61 valence electrons. The molecule has 0 aromatic carbocycles. The zero-order chi connectivity index (χ0) is 8.43. The third kappa shape index (κ3) is 1.20. The van der Waals surface area contributed by atoms with Crippen LogP contribution in [0.4, 0.5) is 4.79 Å². The Morgan fingerprint density at radius 2 is 2.18 bits per heavy atom. The molecule has 0 spiro atoms. The quantitative estimate of drug-likeness (QED) is 0.531. The second kappa shape index (κ2) is 2.90. The van der Waals surface area contributed by atoms with Gasteiger partial charge >= 0.3 is 6.03 Å². The van der Waals surface area contributed by atoms with Gasteiger partial charge in [0.25, 0.3) is 0 Å². The van der Waals surface area contributed by atoms with E-state index in [1.165, 1.54) is 4.90 Å². The van der Waals surface area contributed by atoms with Gasteiger partial charge in [-0.25, -0.2) is 4.79 Å². The molecule has 1 aliphatic rings. The number of carbonyl (C=O) groups is 2. The zero-order valence-corrected chi connectivity index (χ0v) is 6.54. The number of carbonyl (C=O) groups excluding carboxylic acids is 2. The van der Waals surface area contributed by atoms with Crippen LogP contribution in [0.25, 0.3) is 0 Å². The summed E-state index contributed by atoms with van der Waals surface area (Å²) in [4.78, 5) is 24.8. The molecule has 1 radical (unpaired) electrons. The fourth-order valence-corrected chi connectivity index (χ4v) is 1.06. The molecule has 0 saturated carbocycles. The molecule has 4 nitrogen and oxygen atoms in total. The van der Waals surface area contributed by atoms with Crippen molar-refractivity contribution in [2.24, 2.45) is 0 Å². The minimum absolute atomic E-state index is 0.146. The molecule has 1 fully saturated rings. The van der Waals surface area contributed by atoms with Gasteiger partial charge in [-0.3, -0.25) is 9.69 Å². The predicted octanol–water partition coefficient (Wildman–Crippen LogP) is 0.105. The molecule has 1 aliphatic heterocycles. The summed E-state index contributed by atoms with van der Waals surface area (Å²) < 4.78 is 0. The lowest BCUT2D eigenvalue weighted by atomic mass is 10.5. The van der Waals surface area contributed by atoms with Gasteiger partial charge in [0.2, 0.25) is 5.91 Å². The van der Waals surface area contributed by atoms with Gasteiger partial charge in [0.1, 0.15) is 6.54 Å². The van der Waals surface area contributed by atoms with Gasteiger partial charge < -0.3 is 4.90 Å². The van der Waals surface area contributed by atoms with Crippen LogP contribution >= 0.6 is 0 Å². The smallest absolute Gasteiger partial charge is 0.315 e. The van der Waals surface area contributed by atoms with Crippen molar-refractivity contribution >= 4 is 11.9 Å². The Hall–Kier alpha value is -1.06. The van der Waals surface area contributed by atoms with E-state index < -0.39 is 0 Å². The number of urea groups is 1. The fraction of sp³-hybridized carbons (Fsp3) is 0.571. The van der Waals surface area contributed by atoms with Gasteiger partial charge in [-0.1, -0.05) is 0 Å². The number of nitrogens with zero attached hydrogens (tertiary/aromatic N) is 2. The van der Waals surface area contributed by atoms with Crippen molar-refractivity contribution in [3.63, 3.8) is 0 Å². The predicted molar refractivity (Wildman–Crippen MR) is 39.7 cm³/mol. The van der Waals surface area contributed by atoms with Crippen molar-refractivity contribution in [1.82, 2.24) is 9.80 Å². The van der Waals surface area contributed by atoms with Crippen molar-refractivity contribution in [2.75, 3.05) is 19.6 Å². The highest BCUT2D eigenvalue weighted by Gasteiger charge is 2.33. The molecule has 0 aliphatic carbocycles. The van der Waals surface area contributed by atoms with Crippen molar-refractivity contribution < 1.29 is 9.59 Å². The molecule has 1 heterocycles. The first-order valence-electron chi connectivity index (χ1n) is 3.59. The fourth-order valence-electron chi connectivity index (χ4n) is 1.06. The molecule has 1 rings (SSSR count).